The molecule has 1 aliphatic rings. The number of morpholine rings is 1. The fourth-order valence-electron chi connectivity index (χ4n) is 2.29. The standard InChI is InChI=1S/C14H15N3O3/c1-18-12-7-10(8-15)13(11(9-16)14(12)19-2)17-3-5-20-6-4-17/h7H,3-6H2,1-2H3. The number of ether oxygens (including phenoxy) is 3. The normalized spacial score (nSPS) is 14.3. The first-order valence-corrected chi connectivity index (χ1v) is 6.18. The van der Waals surface area contributed by atoms with Crippen molar-refractivity contribution in [2.45, 2.75) is 0 Å². The summed E-state index contributed by atoms with van der Waals surface area (Å²) in [4.78, 5) is 1.97. The SMILES string of the molecule is COc1cc(C#N)c(N2CCOCC2)c(C#N)c1OC. The van der Waals surface area contributed by atoms with Crippen LogP contribution in [0.1, 0.15) is 11.1 Å². The van der Waals surface area contributed by atoms with E-state index in [1.165, 1.54) is 14.2 Å². The maximum atomic E-state index is 9.45. The van der Waals surface area contributed by atoms with Crippen LogP contribution in [0.4, 0.5) is 5.69 Å². The minimum absolute atomic E-state index is 0.324. The molecular formula is C14H15N3O3. The predicted octanol–water partition coefficient (Wildman–Crippen LogP) is 1.28. The van der Waals surface area contributed by atoms with Crippen LogP contribution >= 0.6 is 0 Å². The zero-order valence-electron chi connectivity index (χ0n) is 11.5. The van der Waals surface area contributed by atoms with Gasteiger partial charge in [-0.3, -0.25) is 0 Å². The molecule has 0 spiro atoms. The summed E-state index contributed by atoms with van der Waals surface area (Å²) < 4.78 is 15.8. The Balaban J connectivity index is 2.64. The van der Waals surface area contributed by atoms with Gasteiger partial charge in [-0.2, -0.15) is 10.5 Å². The third-order valence-electron chi connectivity index (χ3n) is 3.20. The third kappa shape index (κ3) is 2.34. The highest BCUT2D eigenvalue weighted by atomic mass is 16.5. The topological polar surface area (TPSA) is 78.5 Å². The lowest BCUT2D eigenvalue weighted by Gasteiger charge is -2.31. The molecule has 6 nitrogen and oxygen atoms in total. The van der Waals surface area contributed by atoms with E-state index in [1.807, 2.05) is 4.90 Å². The Morgan fingerprint density at radius 2 is 1.85 bits per heavy atom. The monoisotopic (exact) mass is 273 g/mol. The number of rotatable bonds is 3. The maximum Gasteiger partial charge on any atom is 0.180 e. The van der Waals surface area contributed by atoms with E-state index < -0.39 is 0 Å². The van der Waals surface area contributed by atoms with Gasteiger partial charge >= 0.3 is 0 Å². The number of anilines is 1. The van der Waals surface area contributed by atoms with Gasteiger partial charge in [0.25, 0.3) is 0 Å². The highest BCUT2D eigenvalue weighted by Crippen LogP contribution is 2.40. The molecule has 20 heavy (non-hydrogen) atoms. The summed E-state index contributed by atoms with van der Waals surface area (Å²) in [5, 5.41) is 18.8. The minimum atomic E-state index is 0.324. The Morgan fingerprint density at radius 1 is 1.15 bits per heavy atom. The molecule has 0 unspecified atom stereocenters. The lowest BCUT2D eigenvalue weighted by Crippen LogP contribution is -2.37. The van der Waals surface area contributed by atoms with E-state index in [9.17, 15) is 10.5 Å². The van der Waals surface area contributed by atoms with Gasteiger partial charge in [-0.15, -0.1) is 0 Å². The van der Waals surface area contributed by atoms with Crippen molar-refractivity contribution >= 4 is 5.69 Å². The molecule has 0 N–H and O–H groups in total. The second-order valence-corrected chi connectivity index (χ2v) is 4.21. The highest BCUT2D eigenvalue weighted by molar-refractivity contribution is 5.76. The first-order valence-electron chi connectivity index (χ1n) is 6.18. The van der Waals surface area contributed by atoms with Crippen molar-refractivity contribution in [3.63, 3.8) is 0 Å². The van der Waals surface area contributed by atoms with Crippen LogP contribution in [0.25, 0.3) is 0 Å². The van der Waals surface area contributed by atoms with Crippen molar-refractivity contribution in [3.05, 3.63) is 17.2 Å². The largest absolute Gasteiger partial charge is 0.493 e. The highest BCUT2D eigenvalue weighted by Gasteiger charge is 2.25. The quantitative estimate of drug-likeness (QED) is 0.825. The molecule has 6 heteroatoms. The molecule has 1 heterocycles. The van der Waals surface area contributed by atoms with Gasteiger partial charge in [-0.25, -0.2) is 0 Å². The van der Waals surface area contributed by atoms with Crippen molar-refractivity contribution in [2.75, 3.05) is 45.4 Å². The van der Waals surface area contributed by atoms with Crippen LogP contribution in [0.15, 0.2) is 6.07 Å². The van der Waals surface area contributed by atoms with E-state index >= 15 is 0 Å². The van der Waals surface area contributed by atoms with Crippen molar-refractivity contribution in [2.24, 2.45) is 0 Å². The van der Waals surface area contributed by atoms with Crippen molar-refractivity contribution < 1.29 is 14.2 Å². The molecule has 0 aromatic heterocycles. The molecule has 104 valence electrons. The molecular weight excluding hydrogens is 258 g/mol. The first kappa shape index (κ1) is 14.0. The molecule has 1 saturated heterocycles. The zero-order chi connectivity index (χ0) is 14.5. The Labute approximate surface area is 117 Å². The van der Waals surface area contributed by atoms with Crippen LogP contribution < -0.4 is 14.4 Å². The third-order valence-corrected chi connectivity index (χ3v) is 3.20. The van der Waals surface area contributed by atoms with Crippen molar-refractivity contribution in [1.82, 2.24) is 0 Å². The van der Waals surface area contributed by atoms with Gasteiger partial charge in [0.05, 0.1) is 38.7 Å². The Bertz CT molecular complexity index is 581. The molecule has 2 rings (SSSR count). The van der Waals surface area contributed by atoms with Crippen LogP contribution in [-0.4, -0.2) is 40.5 Å². The van der Waals surface area contributed by atoms with Gasteiger partial charge in [0.15, 0.2) is 11.5 Å². The van der Waals surface area contributed by atoms with Crippen LogP contribution in [0.3, 0.4) is 0 Å². The molecule has 0 aliphatic carbocycles. The van der Waals surface area contributed by atoms with Gasteiger partial charge in [0, 0.05) is 19.2 Å². The molecule has 1 aromatic carbocycles. The number of nitriles is 2. The van der Waals surface area contributed by atoms with Crippen molar-refractivity contribution in [1.29, 1.82) is 10.5 Å². The van der Waals surface area contributed by atoms with E-state index in [1.54, 1.807) is 6.07 Å². The molecule has 0 saturated carbocycles. The Kier molecular flexibility index (Phi) is 4.29. The summed E-state index contributed by atoms with van der Waals surface area (Å²) in [6, 6.07) is 5.85. The first-order chi connectivity index (χ1) is 9.76. The van der Waals surface area contributed by atoms with Gasteiger partial charge in [-0.1, -0.05) is 0 Å². The molecule has 0 bridgehead atoms. The number of hydrogen-bond donors (Lipinski definition) is 0. The lowest BCUT2D eigenvalue weighted by molar-refractivity contribution is 0.122. The van der Waals surface area contributed by atoms with Crippen LogP contribution in [0.5, 0.6) is 11.5 Å². The average Bonchev–Trinajstić information content (AvgIpc) is 2.53. The maximum absolute atomic E-state index is 9.45. The second kappa shape index (κ2) is 6.14. The fraction of sp³-hybridized carbons (Fsp3) is 0.429. The average molecular weight is 273 g/mol. The summed E-state index contributed by atoms with van der Waals surface area (Å²) in [6.45, 7) is 2.42. The Morgan fingerprint density at radius 3 is 2.35 bits per heavy atom. The second-order valence-electron chi connectivity index (χ2n) is 4.21. The van der Waals surface area contributed by atoms with Gasteiger partial charge in [-0.05, 0) is 0 Å². The van der Waals surface area contributed by atoms with Crippen LogP contribution in [-0.2, 0) is 4.74 Å². The molecule has 1 fully saturated rings. The van der Waals surface area contributed by atoms with E-state index in [2.05, 4.69) is 12.1 Å². The van der Waals surface area contributed by atoms with Gasteiger partial charge < -0.3 is 19.1 Å². The molecule has 1 aliphatic heterocycles. The van der Waals surface area contributed by atoms with Crippen LogP contribution in [0, 0.1) is 22.7 Å². The van der Waals surface area contributed by atoms with Gasteiger partial charge in [0.2, 0.25) is 0 Å². The summed E-state index contributed by atoms with van der Waals surface area (Å²) in [5.74, 6) is 0.744. The number of benzene rings is 1. The van der Waals surface area contributed by atoms with E-state index in [4.69, 9.17) is 14.2 Å². The Hall–Kier alpha value is -2.44. The summed E-state index contributed by atoms with van der Waals surface area (Å²) in [5.41, 5.74) is 1.32. The van der Waals surface area contributed by atoms with Crippen molar-refractivity contribution in [3.8, 4) is 23.6 Å². The fourth-order valence-corrected chi connectivity index (χ4v) is 2.29. The minimum Gasteiger partial charge on any atom is -0.493 e. The van der Waals surface area contributed by atoms with Crippen LogP contribution in [0.2, 0.25) is 0 Å². The number of nitrogens with zero attached hydrogens (tertiary/aromatic N) is 3. The summed E-state index contributed by atoms with van der Waals surface area (Å²) in [7, 11) is 2.96. The zero-order valence-corrected chi connectivity index (χ0v) is 11.5. The summed E-state index contributed by atoms with van der Waals surface area (Å²) >= 11 is 0. The number of hydrogen-bond acceptors (Lipinski definition) is 6. The van der Waals surface area contributed by atoms with E-state index in [0.29, 0.717) is 54.6 Å². The number of methoxy groups -OCH3 is 2. The predicted molar refractivity (Wildman–Crippen MR) is 72.0 cm³/mol. The lowest BCUT2D eigenvalue weighted by atomic mass is 10.0. The molecule has 1 aromatic rings. The smallest absolute Gasteiger partial charge is 0.180 e. The van der Waals surface area contributed by atoms with Gasteiger partial charge in [0.1, 0.15) is 17.7 Å². The van der Waals surface area contributed by atoms with E-state index in [0.717, 1.165) is 0 Å². The summed E-state index contributed by atoms with van der Waals surface area (Å²) in [6.07, 6.45) is 0. The molecule has 0 radical (unpaired) electrons. The van der Waals surface area contributed by atoms with E-state index in [-0.39, 0.29) is 0 Å². The molecule has 0 amide bonds. The molecule has 0 atom stereocenters.